The van der Waals surface area contributed by atoms with E-state index in [9.17, 15) is 0 Å². The van der Waals surface area contributed by atoms with E-state index >= 15 is 0 Å². The Balaban J connectivity index is 1.94. The van der Waals surface area contributed by atoms with E-state index < -0.39 is 0 Å². The number of allylic oxidation sites excluding steroid dienone is 2. The standard InChI is InChI=1S/C15H15ClN4S/c16-13-9-5-4-8-12(13)14-18-19-15(21)20(14)17-10-11-6-2-1-3-7-11/h1-2,4-5,8-11H,3,6-7H2,(H,19,21)/b17-10-/t11-/m0/s1. The van der Waals surface area contributed by atoms with Crippen LogP contribution in [0.15, 0.2) is 41.5 Å². The van der Waals surface area contributed by atoms with E-state index in [0.29, 0.717) is 21.5 Å². The average molecular weight is 319 g/mol. The summed E-state index contributed by atoms with van der Waals surface area (Å²) in [7, 11) is 0. The molecule has 0 unspecified atom stereocenters. The van der Waals surface area contributed by atoms with Gasteiger partial charge in [0.15, 0.2) is 5.82 Å². The number of rotatable bonds is 3. The fraction of sp³-hybridized carbons (Fsp3) is 0.267. The first kappa shape index (κ1) is 14.2. The first-order valence-corrected chi connectivity index (χ1v) is 7.66. The van der Waals surface area contributed by atoms with Crippen molar-refractivity contribution < 1.29 is 0 Å². The molecule has 1 N–H and O–H groups in total. The summed E-state index contributed by atoms with van der Waals surface area (Å²) in [5, 5.41) is 12.2. The molecule has 3 rings (SSSR count). The van der Waals surface area contributed by atoms with Crippen LogP contribution in [0.4, 0.5) is 0 Å². The van der Waals surface area contributed by atoms with E-state index in [0.717, 1.165) is 24.8 Å². The van der Waals surface area contributed by atoms with Crippen LogP contribution in [0.5, 0.6) is 0 Å². The van der Waals surface area contributed by atoms with Gasteiger partial charge < -0.3 is 0 Å². The number of hydrogen-bond donors (Lipinski definition) is 1. The number of nitrogens with zero attached hydrogens (tertiary/aromatic N) is 3. The van der Waals surface area contributed by atoms with Gasteiger partial charge in [-0.25, -0.2) is 5.10 Å². The molecule has 1 aromatic heterocycles. The molecule has 108 valence electrons. The molecule has 0 amide bonds. The highest BCUT2D eigenvalue weighted by Crippen LogP contribution is 2.26. The van der Waals surface area contributed by atoms with Gasteiger partial charge in [-0.1, -0.05) is 35.9 Å². The third-order valence-electron chi connectivity index (χ3n) is 3.47. The van der Waals surface area contributed by atoms with Crippen LogP contribution >= 0.6 is 23.8 Å². The lowest BCUT2D eigenvalue weighted by Gasteiger charge is -2.12. The Kier molecular flexibility index (Phi) is 4.31. The normalized spacial score (nSPS) is 18.4. The van der Waals surface area contributed by atoms with Crippen molar-refractivity contribution in [2.45, 2.75) is 19.3 Å². The Morgan fingerprint density at radius 1 is 1.38 bits per heavy atom. The zero-order valence-electron chi connectivity index (χ0n) is 11.4. The maximum Gasteiger partial charge on any atom is 0.216 e. The SMILES string of the molecule is S=c1[nH]nc(-c2ccccc2Cl)n1/N=C\[C@H]1CC=CCC1. The highest BCUT2D eigenvalue weighted by atomic mass is 35.5. The van der Waals surface area contributed by atoms with Crippen molar-refractivity contribution in [3.8, 4) is 11.4 Å². The largest absolute Gasteiger partial charge is 0.250 e. The van der Waals surface area contributed by atoms with E-state index in [2.05, 4.69) is 27.5 Å². The Morgan fingerprint density at radius 3 is 3.00 bits per heavy atom. The smallest absolute Gasteiger partial charge is 0.216 e. The zero-order chi connectivity index (χ0) is 14.7. The molecule has 1 aromatic carbocycles. The Bertz CT molecular complexity index is 744. The van der Waals surface area contributed by atoms with E-state index in [-0.39, 0.29) is 0 Å². The van der Waals surface area contributed by atoms with E-state index in [1.54, 1.807) is 4.68 Å². The van der Waals surface area contributed by atoms with Crippen molar-refractivity contribution in [3.05, 3.63) is 46.2 Å². The van der Waals surface area contributed by atoms with Gasteiger partial charge in [0.1, 0.15) is 0 Å². The van der Waals surface area contributed by atoms with Crippen LogP contribution in [0.2, 0.25) is 5.02 Å². The number of aromatic amines is 1. The van der Waals surface area contributed by atoms with Gasteiger partial charge in [-0.2, -0.15) is 14.9 Å². The molecule has 0 saturated carbocycles. The van der Waals surface area contributed by atoms with Crippen LogP contribution in [0, 0.1) is 10.7 Å². The molecule has 21 heavy (non-hydrogen) atoms. The van der Waals surface area contributed by atoms with Crippen LogP contribution in [0.3, 0.4) is 0 Å². The van der Waals surface area contributed by atoms with Gasteiger partial charge in [0.05, 0.1) is 5.02 Å². The fourth-order valence-corrected chi connectivity index (χ4v) is 2.73. The summed E-state index contributed by atoms with van der Waals surface area (Å²) in [5.41, 5.74) is 0.812. The summed E-state index contributed by atoms with van der Waals surface area (Å²) in [4.78, 5) is 0. The number of hydrogen-bond acceptors (Lipinski definition) is 3. The zero-order valence-corrected chi connectivity index (χ0v) is 12.9. The first-order chi connectivity index (χ1) is 10.3. The van der Waals surface area contributed by atoms with Crippen LogP contribution in [-0.4, -0.2) is 21.1 Å². The second-order valence-corrected chi connectivity index (χ2v) is 5.75. The van der Waals surface area contributed by atoms with E-state index in [1.165, 1.54) is 0 Å². The minimum absolute atomic E-state index is 0.450. The average Bonchev–Trinajstić information content (AvgIpc) is 2.88. The molecule has 0 saturated heterocycles. The molecule has 0 spiro atoms. The van der Waals surface area contributed by atoms with Gasteiger partial charge in [0.25, 0.3) is 0 Å². The molecule has 2 aromatic rings. The number of nitrogens with one attached hydrogen (secondary N) is 1. The van der Waals surface area contributed by atoms with Crippen molar-refractivity contribution in [2.24, 2.45) is 11.0 Å². The van der Waals surface area contributed by atoms with E-state index in [1.807, 2.05) is 30.5 Å². The Hall–Kier alpha value is -1.72. The van der Waals surface area contributed by atoms with Crippen LogP contribution in [0.1, 0.15) is 19.3 Å². The van der Waals surface area contributed by atoms with Crippen LogP contribution in [-0.2, 0) is 0 Å². The van der Waals surface area contributed by atoms with E-state index in [4.69, 9.17) is 23.8 Å². The molecule has 1 atom stereocenters. The van der Waals surface area contributed by atoms with Crippen molar-refractivity contribution in [1.29, 1.82) is 0 Å². The molecule has 4 nitrogen and oxygen atoms in total. The highest BCUT2D eigenvalue weighted by molar-refractivity contribution is 7.71. The number of benzene rings is 1. The number of aromatic nitrogens is 3. The summed E-state index contributed by atoms with van der Waals surface area (Å²) in [6.07, 6.45) is 9.61. The fourth-order valence-electron chi connectivity index (χ4n) is 2.33. The minimum atomic E-state index is 0.450. The third-order valence-corrected chi connectivity index (χ3v) is 4.06. The molecular weight excluding hydrogens is 304 g/mol. The molecule has 0 radical (unpaired) electrons. The third kappa shape index (κ3) is 3.14. The van der Waals surface area contributed by atoms with Gasteiger partial charge >= 0.3 is 0 Å². The van der Waals surface area contributed by atoms with Crippen molar-refractivity contribution in [1.82, 2.24) is 14.9 Å². The number of H-pyrrole nitrogens is 1. The maximum atomic E-state index is 6.23. The maximum absolute atomic E-state index is 6.23. The lowest BCUT2D eigenvalue weighted by atomic mass is 9.96. The molecule has 0 bridgehead atoms. The quantitative estimate of drug-likeness (QED) is 0.516. The Labute approximate surface area is 133 Å². The van der Waals surface area contributed by atoms with Crippen LogP contribution in [0.25, 0.3) is 11.4 Å². The minimum Gasteiger partial charge on any atom is -0.250 e. The molecular formula is C15H15ClN4S. The summed E-state index contributed by atoms with van der Waals surface area (Å²) in [5.74, 6) is 1.08. The molecule has 0 aliphatic heterocycles. The van der Waals surface area contributed by atoms with Crippen LogP contribution < -0.4 is 0 Å². The molecule has 1 aliphatic carbocycles. The summed E-state index contributed by atoms with van der Waals surface area (Å²) in [6.45, 7) is 0. The molecule has 1 aliphatic rings. The molecule has 0 fully saturated rings. The lowest BCUT2D eigenvalue weighted by molar-refractivity contribution is 0.622. The summed E-state index contributed by atoms with van der Waals surface area (Å²) >= 11 is 11.5. The van der Waals surface area contributed by atoms with Crippen molar-refractivity contribution in [3.63, 3.8) is 0 Å². The summed E-state index contributed by atoms with van der Waals surface area (Å²) < 4.78 is 2.10. The monoisotopic (exact) mass is 318 g/mol. The summed E-state index contributed by atoms with van der Waals surface area (Å²) in [6, 6.07) is 7.53. The second kappa shape index (κ2) is 6.37. The van der Waals surface area contributed by atoms with Crippen molar-refractivity contribution in [2.75, 3.05) is 0 Å². The predicted octanol–water partition coefficient (Wildman–Crippen LogP) is 4.45. The van der Waals surface area contributed by atoms with Gasteiger partial charge in [-0.3, -0.25) is 0 Å². The molecule has 6 heteroatoms. The predicted molar refractivity (Wildman–Crippen MR) is 88.2 cm³/mol. The van der Waals surface area contributed by atoms with Gasteiger partial charge in [0.2, 0.25) is 4.77 Å². The van der Waals surface area contributed by atoms with Gasteiger partial charge in [0, 0.05) is 11.8 Å². The number of halogens is 1. The van der Waals surface area contributed by atoms with Crippen molar-refractivity contribution >= 4 is 30.0 Å². The lowest BCUT2D eigenvalue weighted by Crippen LogP contribution is -2.05. The van der Waals surface area contributed by atoms with Gasteiger partial charge in [-0.05, 0) is 49.5 Å². The first-order valence-electron chi connectivity index (χ1n) is 6.87. The Morgan fingerprint density at radius 2 is 2.24 bits per heavy atom. The topological polar surface area (TPSA) is 46.0 Å². The second-order valence-electron chi connectivity index (χ2n) is 4.95. The molecule has 1 heterocycles. The van der Waals surface area contributed by atoms with Gasteiger partial charge in [-0.15, -0.1) is 0 Å². The highest BCUT2D eigenvalue weighted by Gasteiger charge is 2.12.